The van der Waals surface area contributed by atoms with Crippen molar-refractivity contribution in [3.05, 3.63) is 52.3 Å². The van der Waals surface area contributed by atoms with Gasteiger partial charge in [0, 0.05) is 29.9 Å². The molecule has 31 heavy (non-hydrogen) atoms. The molecule has 0 bridgehead atoms. The van der Waals surface area contributed by atoms with Crippen molar-refractivity contribution < 1.29 is 23.9 Å². The highest BCUT2D eigenvalue weighted by molar-refractivity contribution is 6.05. The Balaban J connectivity index is 1.67. The number of hydrogen-bond acceptors (Lipinski definition) is 5. The number of Topliss-reactive ketones (excluding diaryl/α,β-unsaturated/α-hetero) is 2. The van der Waals surface area contributed by atoms with Gasteiger partial charge < -0.3 is 14.6 Å². The first-order chi connectivity index (χ1) is 14.6. The van der Waals surface area contributed by atoms with Crippen molar-refractivity contribution in [2.45, 2.75) is 53.6 Å². The van der Waals surface area contributed by atoms with Gasteiger partial charge in [-0.3, -0.25) is 19.2 Å². The van der Waals surface area contributed by atoms with Crippen molar-refractivity contribution in [2.75, 3.05) is 11.4 Å². The number of nitrogens with one attached hydrogen (secondary N) is 1. The zero-order valence-corrected chi connectivity index (χ0v) is 18.6. The molecule has 1 aliphatic heterocycles. The van der Waals surface area contributed by atoms with Crippen molar-refractivity contribution in [3.8, 4) is 0 Å². The number of ketones is 2. The Hall–Kier alpha value is -3.22. The summed E-state index contributed by atoms with van der Waals surface area (Å²) in [6, 6.07) is 7.68. The van der Waals surface area contributed by atoms with Crippen molar-refractivity contribution >= 4 is 29.1 Å². The van der Waals surface area contributed by atoms with E-state index in [9.17, 15) is 19.2 Å². The summed E-state index contributed by atoms with van der Waals surface area (Å²) in [4.78, 5) is 54.3. The number of aromatic amines is 1. The van der Waals surface area contributed by atoms with E-state index in [-0.39, 0.29) is 30.3 Å². The van der Waals surface area contributed by atoms with Gasteiger partial charge in [0.15, 0.2) is 11.9 Å². The molecular weight excluding hydrogens is 396 g/mol. The largest absolute Gasteiger partial charge is 0.454 e. The lowest BCUT2D eigenvalue weighted by Gasteiger charge is -2.18. The average Bonchev–Trinajstić information content (AvgIpc) is 3.26. The van der Waals surface area contributed by atoms with Crippen molar-refractivity contribution in [1.29, 1.82) is 0 Å². The van der Waals surface area contributed by atoms with Crippen LogP contribution in [0.1, 0.15) is 64.9 Å². The molecule has 0 saturated carbocycles. The lowest BCUT2D eigenvalue weighted by molar-refractivity contribution is -0.151. The fraction of sp³-hybridized carbons (Fsp3) is 0.417. The molecule has 2 heterocycles. The Morgan fingerprint density at radius 1 is 1.19 bits per heavy atom. The van der Waals surface area contributed by atoms with Gasteiger partial charge in [-0.2, -0.15) is 0 Å². The molecule has 1 aromatic carbocycles. The van der Waals surface area contributed by atoms with Crippen molar-refractivity contribution in [3.63, 3.8) is 0 Å². The second-order valence-corrected chi connectivity index (χ2v) is 8.05. The smallest absolute Gasteiger partial charge is 0.312 e. The van der Waals surface area contributed by atoms with Gasteiger partial charge in [0.05, 0.1) is 11.6 Å². The summed E-state index contributed by atoms with van der Waals surface area (Å²) in [5.74, 6) is -1.89. The molecule has 1 N–H and O–H groups in total. The van der Waals surface area contributed by atoms with E-state index in [0.717, 1.165) is 12.1 Å². The van der Waals surface area contributed by atoms with Gasteiger partial charge in [0.2, 0.25) is 11.7 Å². The van der Waals surface area contributed by atoms with Crippen molar-refractivity contribution in [2.24, 2.45) is 5.92 Å². The molecule has 0 aliphatic carbocycles. The lowest BCUT2D eigenvalue weighted by Crippen LogP contribution is -2.30. The van der Waals surface area contributed by atoms with Crippen LogP contribution >= 0.6 is 0 Å². The molecule has 1 amide bonds. The summed E-state index contributed by atoms with van der Waals surface area (Å²) in [6.07, 6.45) is -0.0789. The second kappa shape index (κ2) is 8.88. The summed E-state index contributed by atoms with van der Waals surface area (Å²) < 4.78 is 5.41. The molecule has 7 heteroatoms. The number of H-pyrrole nitrogens is 1. The van der Waals surface area contributed by atoms with Crippen LogP contribution in [-0.2, 0) is 20.7 Å². The molecule has 0 spiro atoms. The van der Waals surface area contributed by atoms with Gasteiger partial charge in [0.1, 0.15) is 0 Å². The molecule has 2 atom stereocenters. The number of aryl methyl sites for hydroxylation is 2. The first-order valence-corrected chi connectivity index (χ1v) is 10.5. The number of carbonyl (C=O) groups excluding carboxylic acids is 4. The van der Waals surface area contributed by atoms with Gasteiger partial charge in [0.25, 0.3) is 0 Å². The molecule has 164 valence electrons. The van der Waals surface area contributed by atoms with Crippen LogP contribution in [0.25, 0.3) is 0 Å². The SMILES string of the molecule is CCc1ccc(N2C[C@H](C(=O)O[C@@H](C)C(=O)c3[nH]c(C)c(C(C)=O)c3C)CC2=O)cc1. The zero-order valence-electron chi connectivity index (χ0n) is 18.6. The average molecular weight is 424 g/mol. The van der Waals surface area contributed by atoms with Crippen LogP contribution in [0.2, 0.25) is 0 Å². The standard InChI is InChI=1S/C24H28N2O5/c1-6-17-7-9-19(10-8-17)26-12-18(11-20(26)28)24(30)31-16(5)23(29)22-13(2)21(15(4)27)14(3)25-22/h7-10,16,18,25H,6,11-12H2,1-5H3/t16-,18+/m0/s1. The maximum absolute atomic E-state index is 12.8. The number of rotatable bonds is 7. The summed E-state index contributed by atoms with van der Waals surface area (Å²) in [5.41, 5.74) is 3.82. The summed E-state index contributed by atoms with van der Waals surface area (Å²) in [5, 5.41) is 0. The number of aromatic nitrogens is 1. The fourth-order valence-electron chi connectivity index (χ4n) is 4.08. The second-order valence-electron chi connectivity index (χ2n) is 8.05. The first kappa shape index (κ1) is 22.5. The monoisotopic (exact) mass is 424 g/mol. The van der Waals surface area contributed by atoms with E-state index >= 15 is 0 Å². The van der Waals surface area contributed by atoms with E-state index in [1.54, 1.807) is 18.7 Å². The minimum atomic E-state index is -1.03. The summed E-state index contributed by atoms with van der Waals surface area (Å²) in [7, 11) is 0. The third-order valence-electron chi connectivity index (χ3n) is 5.81. The lowest BCUT2D eigenvalue weighted by atomic mass is 10.0. The number of hydrogen-bond donors (Lipinski definition) is 1. The number of ether oxygens (including phenoxy) is 1. The van der Waals surface area contributed by atoms with E-state index in [4.69, 9.17) is 4.74 Å². The number of benzene rings is 1. The van der Waals surface area contributed by atoms with E-state index in [2.05, 4.69) is 11.9 Å². The molecule has 3 rings (SSSR count). The Labute approximate surface area is 181 Å². The maximum Gasteiger partial charge on any atom is 0.312 e. The van der Waals surface area contributed by atoms with Gasteiger partial charge in [-0.15, -0.1) is 0 Å². The van der Waals surface area contributed by atoms with E-state index in [1.165, 1.54) is 19.4 Å². The van der Waals surface area contributed by atoms with Crippen LogP contribution < -0.4 is 4.90 Å². The van der Waals surface area contributed by atoms with Crippen LogP contribution in [0.5, 0.6) is 0 Å². The predicted octanol–water partition coefficient (Wildman–Crippen LogP) is 3.56. The Kier molecular flexibility index (Phi) is 6.43. The molecule has 0 unspecified atom stereocenters. The normalized spacial score (nSPS) is 17.0. The van der Waals surface area contributed by atoms with Gasteiger partial charge in [-0.25, -0.2) is 0 Å². The quantitative estimate of drug-likeness (QED) is 0.541. The molecule has 1 aromatic heterocycles. The van der Waals surface area contributed by atoms with Crippen LogP contribution in [0, 0.1) is 19.8 Å². The molecular formula is C24H28N2O5. The maximum atomic E-state index is 12.8. The molecule has 1 fully saturated rings. The van der Waals surface area contributed by atoms with Crippen LogP contribution in [0.3, 0.4) is 0 Å². The number of carbonyl (C=O) groups is 4. The minimum absolute atomic E-state index is 0.0460. The zero-order chi connectivity index (χ0) is 22.9. The Bertz CT molecular complexity index is 1030. The van der Waals surface area contributed by atoms with Crippen molar-refractivity contribution in [1.82, 2.24) is 4.98 Å². The highest BCUT2D eigenvalue weighted by atomic mass is 16.5. The first-order valence-electron chi connectivity index (χ1n) is 10.5. The molecule has 2 aromatic rings. The number of amides is 1. The third kappa shape index (κ3) is 4.45. The van der Waals surface area contributed by atoms with Gasteiger partial charge in [-0.05, 0) is 57.4 Å². The van der Waals surface area contributed by atoms with Crippen LogP contribution in [0.15, 0.2) is 24.3 Å². The predicted molar refractivity (Wildman–Crippen MR) is 116 cm³/mol. The topological polar surface area (TPSA) is 96.5 Å². The minimum Gasteiger partial charge on any atom is -0.454 e. The van der Waals surface area contributed by atoms with Gasteiger partial charge in [-0.1, -0.05) is 19.1 Å². The van der Waals surface area contributed by atoms with Crippen LogP contribution in [0.4, 0.5) is 5.69 Å². The molecule has 0 radical (unpaired) electrons. The van der Waals surface area contributed by atoms with E-state index in [0.29, 0.717) is 16.8 Å². The highest BCUT2D eigenvalue weighted by Crippen LogP contribution is 2.27. The number of nitrogens with zero attached hydrogens (tertiary/aromatic N) is 1. The third-order valence-corrected chi connectivity index (χ3v) is 5.81. The summed E-state index contributed by atoms with van der Waals surface area (Å²) >= 11 is 0. The Morgan fingerprint density at radius 3 is 2.39 bits per heavy atom. The highest BCUT2D eigenvalue weighted by Gasteiger charge is 2.37. The molecule has 1 aliphatic rings. The van der Waals surface area contributed by atoms with Gasteiger partial charge >= 0.3 is 5.97 Å². The number of esters is 1. The molecule has 7 nitrogen and oxygen atoms in total. The van der Waals surface area contributed by atoms with E-state index < -0.39 is 23.8 Å². The van der Waals surface area contributed by atoms with E-state index in [1.807, 2.05) is 24.3 Å². The molecule has 1 saturated heterocycles. The summed E-state index contributed by atoms with van der Waals surface area (Å²) in [6.45, 7) is 8.64. The Morgan fingerprint density at radius 2 is 1.84 bits per heavy atom. The van der Waals surface area contributed by atoms with Crippen LogP contribution in [-0.4, -0.2) is 41.1 Å². The fourth-order valence-corrected chi connectivity index (χ4v) is 4.08. The number of anilines is 1.